The second-order valence-corrected chi connectivity index (χ2v) is 11.1. The minimum Gasteiger partial charge on any atom is -0.497 e. The number of benzene rings is 3. The van der Waals surface area contributed by atoms with Gasteiger partial charge in [0.1, 0.15) is 17.8 Å². The monoisotopic (exact) mass is 624 g/mol. The average molecular weight is 625 g/mol. The molecule has 0 spiro atoms. The van der Waals surface area contributed by atoms with E-state index in [1.54, 1.807) is 25.1 Å². The number of alkyl halides is 3. The summed E-state index contributed by atoms with van der Waals surface area (Å²) in [4.78, 5) is 10.9. The van der Waals surface area contributed by atoms with Crippen molar-refractivity contribution in [3.8, 4) is 28.6 Å². The number of hydrogen-bond acceptors (Lipinski definition) is 8. The molecule has 4 aromatic rings. The van der Waals surface area contributed by atoms with E-state index in [1.807, 2.05) is 48.5 Å². The minimum absolute atomic E-state index is 0.290. The molecule has 9 nitrogen and oxygen atoms in total. The van der Waals surface area contributed by atoms with Crippen LogP contribution >= 0.6 is 11.8 Å². The topological polar surface area (TPSA) is 97.0 Å². The number of anilines is 1. The van der Waals surface area contributed by atoms with Crippen molar-refractivity contribution in [3.63, 3.8) is 0 Å². The van der Waals surface area contributed by atoms with Gasteiger partial charge in [0.05, 0.1) is 12.8 Å². The van der Waals surface area contributed by atoms with Crippen LogP contribution in [0, 0.1) is 0 Å². The predicted octanol–water partition coefficient (Wildman–Crippen LogP) is 6.41. The van der Waals surface area contributed by atoms with Gasteiger partial charge in [-0.2, -0.15) is 0 Å². The van der Waals surface area contributed by atoms with Crippen molar-refractivity contribution >= 4 is 28.7 Å². The normalized spacial score (nSPS) is 15.4. The van der Waals surface area contributed by atoms with E-state index in [-0.39, 0.29) is 5.75 Å². The maximum atomic E-state index is 12.4. The number of aliphatic hydroxyl groups excluding tert-OH is 1. The van der Waals surface area contributed by atoms with E-state index >= 15 is 0 Å². The number of aliphatic imine (C=N–C) groups is 1. The van der Waals surface area contributed by atoms with Gasteiger partial charge in [0.15, 0.2) is 11.0 Å². The summed E-state index contributed by atoms with van der Waals surface area (Å²) < 4.78 is 48.0. The molecule has 13 heteroatoms. The van der Waals surface area contributed by atoms with E-state index in [9.17, 15) is 18.3 Å². The highest BCUT2D eigenvalue weighted by molar-refractivity contribution is 8.14. The van der Waals surface area contributed by atoms with Crippen LogP contribution < -0.4 is 19.7 Å². The molecule has 5 rings (SSSR count). The van der Waals surface area contributed by atoms with Crippen molar-refractivity contribution in [2.75, 3.05) is 24.3 Å². The van der Waals surface area contributed by atoms with Crippen LogP contribution in [0.1, 0.15) is 30.9 Å². The Morgan fingerprint density at radius 3 is 2.45 bits per heavy atom. The molecular formula is C31H31F3N6O3S. The van der Waals surface area contributed by atoms with Crippen LogP contribution in [0.3, 0.4) is 0 Å². The van der Waals surface area contributed by atoms with E-state index in [4.69, 9.17) is 4.74 Å². The summed E-state index contributed by atoms with van der Waals surface area (Å²) in [5.74, 6) is 2.11. The van der Waals surface area contributed by atoms with E-state index in [1.165, 1.54) is 35.3 Å². The Hall–Kier alpha value is -4.49. The number of aromatic nitrogens is 3. The first-order valence-electron chi connectivity index (χ1n) is 13.7. The molecule has 0 amide bonds. The van der Waals surface area contributed by atoms with E-state index in [0.29, 0.717) is 17.4 Å². The van der Waals surface area contributed by atoms with E-state index < -0.39 is 12.7 Å². The maximum Gasteiger partial charge on any atom is 0.573 e. The fourth-order valence-corrected chi connectivity index (χ4v) is 5.51. The lowest BCUT2D eigenvalue weighted by Gasteiger charge is -2.24. The number of ether oxygens (including phenoxy) is 2. The van der Waals surface area contributed by atoms with Crippen LogP contribution in [0.4, 0.5) is 18.9 Å². The number of halogens is 3. The lowest BCUT2D eigenvalue weighted by Crippen LogP contribution is -2.29. The Morgan fingerprint density at radius 1 is 1.05 bits per heavy atom. The molecule has 2 heterocycles. The second kappa shape index (κ2) is 13.4. The van der Waals surface area contributed by atoms with Crippen LogP contribution in [0.2, 0.25) is 0 Å². The fraction of sp³-hybridized carbons (Fsp3) is 0.258. The third kappa shape index (κ3) is 7.71. The number of aliphatic hydroxyl groups is 1. The molecule has 44 heavy (non-hydrogen) atoms. The van der Waals surface area contributed by atoms with Crippen molar-refractivity contribution in [2.45, 2.75) is 32.5 Å². The Morgan fingerprint density at radius 2 is 1.77 bits per heavy atom. The molecule has 0 saturated carbocycles. The smallest absolute Gasteiger partial charge is 0.497 e. The molecular weight excluding hydrogens is 593 g/mol. The van der Waals surface area contributed by atoms with Gasteiger partial charge >= 0.3 is 6.36 Å². The van der Waals surface area contributed by atoms with Gasteiger partial charge in [0, 0.05) is 29.7 Å². The molecule has 1 aromatic heterocycles. The van der Waals surface area contributed by atoms with Crippen LogP contribution in [0.15, 0.2) is 84.2 Å². The Balaban J connectivity index is 1.19. The van der Waals surface area contributed by atoms with Crippen LogP contribution in [0.25, 0.3) is 23.2 Å². The molecule has 3 aromatic carbocycles. The highest BCUT2D eigenvalue weighted by Crippen LogP contribution is 2.35. The van der Waals surface area contributed by atoms with Gasteiger partial charge in [-0.05, 0) is 65.6 Å². The number of amidine groups is 1. The van der Waals surface area contributed by atoms with Crippen molar-refractivity contribution in [1.82, 2.24) is 20.1 Å². The lowest BCUT2D eigenvalue weighted by atomic mass is 10.00. The molecule has 1 atom stereocenters. The minimum atomic E-state index is -4.75. The number of hydrogen-bond donors (Lipinski definition) is 2. The third-order valence-corrected chi connectivity index (χ3v) is 7.64. The number of thioether (sulfide) groups is 1. The molecule has 2 N–H and O–H groups in total. The van der Waals surface area contributed by atoms with Crippen LogP contribution in [-0.4, -0.2) is 57.2 Å². The van der Waals surface area contributed by atoms with Gasteiger partial charge in [-0.3, -0.25) is 0 Å². The average Bonchev–Trinajstić information content (AvgIpc) is 3.67. The van der Waals surface area contributed by atoms with Crippen molar-refractivity contribution in [3.05, 3.63) is 90.4 Å². The standard InChI is InChI=1S/C31H31F3N6O3S/c1-20(2)26-18-25(42-3)12-13-27(26)39-16-17-44-30(39)37-29(41)35-15-14-21-4-6-22(7-5-21)28-36-19-40(38-28)23-8-10-24(11-9-23)43-31(32,33)34/h4-15,18-20,29,35,41H,16-17H2,1-3H3/b15-14+,37-30?. The third-order valence-electron chi connectivity index (χ3n) is 6.67. The summed E-state index contributed by atoms with van der Waals surface area (Å²) in [6, 6.07) is 18.8. The summed E-state index contributed by atoms with van der Waals surface area (Å²) >= 11 is 1.60. The highest BCUT2D eigenvalue weighted by atomic mass is 32.2. The molecule has 1 fully saturated rings. The van der Waals surface area contributed by atoms with Gasteiger partial charge in [-0.1, -0.05) is 49.9 Å². The summed E-state index contributed by atoms with van der Waals surface area (Å²) in [6.45, 7) is 5.07. The van der Waals surface area contributed by atoms with Crippen molar-refractivity contribution in [1.29, 1.82) is 0 Å². The zero-order valence-electron chi connectivity index (χ0n) is 24.2. The predicted molar refractivity (Wildman–Crippen MR) is 166 cm³/mol. The van der Waals surface area contributed by atoms with Gasteiger partial charge in [0.2, 0.25) is 6.35 Å². The van der Waals surface area contributed by atoms with Gasteiger partial charge in [-0.15, -0.1) is 18.3 Å². The fourth-order valence-electron chi connectivity index (χ4n) is 4.54. The second-order valence-electron chi connectivity index (χ2n) is 10.0. The van der Waals surface area contributed by atoms with Gasteiger partial charge in [-0.25, -0.2) is 14.7 Å². The summed E-state index contributed by atoms with van der Waals surface area (Å²) in [5.41, 5.74) is 4.38. The number of nitrogens with zero attached hydrogens (tertiary/aromatic N) is 5. The molecule has 0 aliphatic carbocycles. The van der Waals surface area contributed by atoms with Crippen molar-refractivity contribution in [2.24, 2.45) is 4.99 Å². The number of methoxy groups -OCH3 is 1. The number of rotatable bonds is 10. The van der Waals surface area contributed by atoms with Crippen molar-refractivity contribution < 1.29 is 27.8 Å². The lowest BCUT2D eigenvalue weighted by molar-refractivity contribution is -0.274. The quantitative estimate of drug-likeness (QED) is 0.196. The van der Waals surface area contributed by atoms with E-state index in [2.05, 4.69) is 43.9 Å². The van der Waals surface area contributed by atoms with Crippen LogP contribution in [0.5, 0.6) is 11.5 Å². The van der Waals surface area contributed by atoms with Crippen LogP contribution in [-0.2, 0) is 0 Å². The number of nitrogens with one attached hydrogen (secondary N) is 1. The Bertz CT molecular complexity index is 1620. The molecule has 1 unspecified atom stereocenters. The van der Waals surface area contributed by atoms with Gasteiger partial charge < -0.3 is 24.8 Å². The first-order chi connectivity index (χ1) is 21.1. The highest BCUT2D eigenvalue weighted by Gasteiger charge is 2.31. The first kappa shape index (κ1) is 31.0. The van der Waals surface area contributed by atoms with E-state index in [0.717, 1.165) is 45.6 Å². The molecule has 1 aliphatic rings. The van der Waals surface area contributed by atoms with Gasteiger partial charge in [0.25, 0.3) is 0 Å². The molecule has 0 radical (unpaired) electrons. The molecule has 230 valence electrons. The zero-order chi connectivity index (χ0) is 31.3. The molecule has 1 saturated heterocycles. The SMILES string of the molecule is COc1ccc(N2CCSC2=NC(O)N/C=C/c2ccc(-c3ncn(-c4ccc(OC(F)(F)F)cc4)n3)cc2)c(C(C)C)c1. The maximum absolute atomic E-state index is 12.4. The zero-order valence-corrected chi connectivity index (χ0v) is 25.0. The first-order valence-corrected chi connectivity index (χ1v) is 14.7. The summed E-state index contributed by atoms with van der Waals surface area (Å²) in [5, 5.41) is 18.6. The summed E-state index contributed by atoms with van der Waals surface area (Å²) in [6.07, 6.45) is -0.946. The Kier molecular flexibility index (Phi) is 9.45. The Labute approximate surface area is 257 Å². The largest absolute Gasteiger partial charge is 0.573 e. The molecule has 1 aliphatic heterocycles. The molecule has 0 bridgehead atoms. The summed E-state index contributed by atoms with van der Waals surface area (Å²) in [7, 11) is 1.66.